The van der Waals surface area contributed by atoms with E-state index < -0.39 is 0 Å². The second-order valence-electron chi connectivity index (χ2n) is 4.11. The zero-order chi connectivity index (χ0) is 14.3. The number of hydrogen-bond donors (Lipinski definition) is 1. The summed E-state index contributed by atoms with van der Waals surface area (Å²) in [4.78, 5) is 11.6. The van der Waals surface area contributed by atoms with Crippen LogP contribution in [0.25, 0.3) is 0 Å². The number of ether oxygens (including phenoxy) is 4. The zero-order valence-corrected chi connectivity index (χ0v) is 12.1. The lowest BCUT2D eigenvalue weighted by Crippen LogP contribution is -2.26. The Morgan fingerprint density at radius 2 is 1.63 bits per heavy atom. The Morgan fingerprint density at radius 1 is 1.05 bits per heavy atom. The van der Waals surface area contributed by atoms with Crippen molar-refractivity contribution in [3.8, 4) is 0 Å². The summed E-state index contributed by atoms with van der Waals surface area (Å²) in [6, 6.07) is 0. The summed E-state index contributed by atoms with van der Waals surface area (Å²) in [7, 11) is 1.63. The molecule has 0 aliphatic carbocycles. The van der Waals surface area contributed by atoms with E-state index in [0.717, 1.165) is 12.8 Å². The van der Waals surface area contributed by atoms with Crippen molar-refractivity contribution in [1.82, 2.24) is 0 Å². The third-order valence-electron chi connectivity index (χ3n) is 2.53. The summed E-state index contributed by atoms with van der Waals surface area (Å²) in [5.41, 5.74) is 5.51. The minimum absolute atomic E-state index is 0.192. The second kappa shape index (κ2) is 13.7. The molecule has 0 aliphatic heterocycles. The maximum absolute atomic E-state index is 11.6. The van der Waals surface area contributed by atoms with Gasteiger partial charge in [-0.2, -0.15) is 0 Å². The molecular weight excluding hydrogens is 250 g/mol. The minimum Gasteiger partial charge on any atom is -0.463 e. The largest absolute Gasteiger partial charge is 0.463 e. The topological polar surface area (TPSA) is 80.0 Å². The lowest BCUT2D eigenvalue weighted by atomic mass is 10.0. The highest BCUT2D eigenvalue weighted by Crippen LogP contribution is 2.06. The van der Waals surface area contributed by atoms with Gasteiger partial charge < -0.3 is 24.7 Å². The van der Waals surface area contributed by atoms with Crippen LogP contribution in [-0.4, -0.2) is 59.3 Å². The molecule has 6 nitrogen and oxygen atoms in total. The van der Waals surface area contributed by atoms with Crippen LogP contribution in [0, 0.1) is 5.92 Å². The van der Waals surface area contributed by atoms with Crippen LogP contribution in [0.4, 0.5) is 0 Å². The highest BCUT2D eigenvalue weighted by atomic mass is 16.6. The summed E-state index contributed by atoms with van der Waals surface area (Å²) in [5.74, 6) is -0.424. The number of carbonyl (C=O) groups is 1. The Hall–Kier alpha value is -0.690. The summed E-state index contributed by atoms with van der Waals surface area (Å²) in [6.45, 7) is 5.12. The number of methoxy groups -OCH3 is 1. The molecule has 0 radical (unpaired) electrons. The highest BCUT2D eigenvalue weighted by Gasteiger charge is 2.16. The molecule has 0 saturated carbocycles. The van der Waals surface area contributed by atoms with Crippen LogP contribution >= 0.6 is 0 Å². The molecule has 0 aromatic carbocycles. The average Bonchev–Trinajstić information content (AvgIpc) is 2.42. The van der Waals surface area contributed by atoms with Gasteiger partial charge in [0.15, 0.2) is 0 Å². The predicted molar refractivity (Wildman–Crippen MR) is 71.9 cm³/mol. The molecule has 0 spiro atoms. The fourth-order valence-electron chi connectivity index (χ4n) is 1.46. The molecule has 1 unspecified atom stereocenters. The lowest BCUT2D eigenvalue weighted by Gasteiger charge is -2.13. The summed E-state index contributed by atoms with van der Waals surface area (Å²) >= 11 is 0. The van der Waals surface area contributed by atoms with Crippen molar-refractivity contribution in [3.05, 3.63) is 0 Å². The van der Waals surface area contributed by atoms with Crippen molar-refractivity contribution in [2.75, 3.05) is 53.3 Å². The highest BCUT2D eigenvalue weighted by molar-refractivity contribution is 5.72. The quantitative estimate of drug-likeness (QED) is 0.392. The van der Waals surface area contributed by atoms with Crippen molar-refractivity contribution in [2.24, 2.45) is 11.7 Å². The van der Waals surface area contributed by atoms with Gasteiger partial charge in [0.2, 0.25) is 0 Å². The molecule has 0 heterocycles. The van der Waals surface area contributed by atoms with Gasteiger partial charge in [-0.25, -0.2) is 0 Å². The van der Waals surface area contributed by atoms with Crippen LogP contribution in [0.15, 0.2) is 0 Å². The van der Waals surface area contributed by atoms with E-state index in [-0.39, 0.29) is 18.5 Å². The molecule has 0 aromatic heterocycles. The lowest BCUT2D eigenvalue weighted by molar-refractivity contribution is -0.150. The Bertz CT molecular complexity index is 213. The van der Waals surface area contributed by atoms with Crippen LogP contribution < -0.4 is 5.73 Å². The first-order valence-electron chi connectivity index (χ1n) is 6.77. The molecule has 0 fully saturated rings. The van der Waals surface area contributed by atoms with Crippen molar-refractivity contribution < 1.29 is 23.7 Å². The number of hydrogen-bond acceptors (Lipinski definition) is 6. The molecule has 0 saturated heterocycles. The molecule has 2 N–H and O–H groups in total. The van der Waals surface area contributed by atoms with Gasteiger partial charge in [-0.1, -0.05) is 13.3 Å². The summed E-state index contributed by atoms with van der Waals surface area (Å²) < 4.78 is 20.4. The van der Waals surface area contributed by atoms with Gasteiger partial charge in [-0.15, -0.1) is 0 Å². The maximum Gasteiger partial charge on any atom is 0.310 e. The second-order valence-corrected chi connectivity index (χ2v) is 4.11. The summed E-state index contributed by atoms with van der Waals surface area (Å²) in [5, 5.41) is 0. The van der Waals surface area contributed by atoms with E-state index in [1.807, 2.05) is 6.92 Å². The minimum atomic E-state index is -0.232. The van der Waals surface area contributed by atoms with E-state index in [1.54, 1.807) is 7.11 Å². The fourth-order valence-corrected chi connectivity index (χ4v) is 1.46. The number of nitrogens with two attached hydrogens (primary N) is 1. The molecule has 19 heavy (non-hydrogen) atoms. The van der Waals surface area contributed by atoms with Gasteiger partial charge in [0, 0.05) is 13.7 Å². The van der Waals surface area contributed by atoms with Crippen molar-refractivity contribution >= 4 is 5.97 Å². The van der Waals surface area contributed by atoms with Gasteiger partial charge in [0.1, 0.15) is 6.61 Å². The van der Waals surface area contributed by atoms with Gasteiger partial charge in [0.25, 0.3) is 0 Å². The van der Waals surface area contributed by atoms with Crippen LogP contribution in [0.1, 0.15) is 19.8 Å². The molecule has 0 bridgehead atoms. The fraction of sp³-hybridized carbons (Fsp3) is 0.923. The monoisotopic (exact) mass is 277 g/mol. The van der Waals surface area contributed by atoms with E-state index >= 15 is 0 Å². The molecule has 0 amide bonds. The van der Waals surface area contributed by atoms with Crippen LogP contribution in [0.3, 0.4) is 0 Å². The maximum atomic E-state index is 11.6. The number of rotatable bonds is 13. The van der Waals surface area contributed by atoms with E-state index in [2.05, 4.69) is 0 Å². The van der Waals surface area contributed by atoms with E-state index in [9.17, 15) is 4.79 Å². The van der Waals surface area contributed by atoms with E-state index in [0.29, 0.717) is 39.6 Å². The smallest absolute Gasteiger partial charge is 0.310 e. The zero-order valence-electron chi connectivity index (χ0n) is 12.1. The van der Waals surface area contributed by atoms with Gasteiger partial charge in [0.05, 0.1) is 39.0 Å². The number of carbonyl (C=O) groups excluding carboxylic acids is 1. The third-order valence-corrected chi connectivity index (χ3v) is 2.53. The van der Waals surface area contributed by atoms with Gasteiger partial charge in [-0.3, -0.25) is 4.79 Å². The Kier molecular flexibility index (Phi) is 13.2. The predicted octanol–water partition coefficient (Wildman–Crippen LogP) is 0.584. The van der Waals surface area contributed by atoms with Crippen molar-refractivity contribution in [3.63, 3.8) is 0 Å². The first-order valence-corrected chi connectivity index (χ1v) is 6.77. The van der Waals surface area contributed by atoms with Gasteiger partial charge >= 0.3 is 5.97 Å². The third kappa shape index (κ3) is 10.9. The Balaban J connectivity index is 3.35. The van der Waals surface area contributed by atoms with Crippen molar-refractivity contribution in [1.29, 1.82) is 0 Å². The first kappa shape index (κ1) is 18.3. The van der Waals surface area contributed by atoms with E-state index in [4.69, 9.17) is 24.7 Å². The van der Waals surface area contributed by atoms with Crippen LogP contribution in [0.2, 0.25) is 0 Å². The Labute approximate surface area is 115 Å². The molecule has 6 heteroatoms. The molecule has 1 atom stereocenters. The van der Waals surface area contributed by atoms with Crippen LogP contribution in [0.5, 0.6) is 0 Å². The Morgan fingerprint density at radius 3 is 2.16 bits per heavy atom. The van der Waals surface area contributed by atoms with Gasteiger partial charge in [-0.05, 0) is 6.42 Å². The van der Waals surface area contributed by atoms with Crippen molar-refractivity contribution in [2.45, 2.75) is 19.8 Å². The van der Waals surface area contributed by atoms with E-state index in [1.165, 1.54) is 0 Å². The summed E-state index contributed by atoms with van der Waals surface area (Å²) in [6.07, 6.45) is 1.69. The number of esters is 1. The average molecular weight is 277 g/mol. The molecule has 0 aromatic rings. The molecule has 114 valence electrons. The SMILES string of the molecule is CCCC(CN)C(=O)OCCOCCOCCOC. The first-order chi connectivity index (χ1) is 9.26. The standard InChI is InChI=1S/C13H27NO5/c1-3-4-12(11-14)13(15)19-10-9-18-8-7-17-6-5-16-2/h12H,3-11,14H2,1-2H3. The molecule has 0 aliphatic rings. The molecular formula is C13H27NO5. The van der Waals surface area contributed by atoms with Crippen LogP contribution in [-0.2, 0) is 23.7 Å². The normalized spacial score (nSPS) is 12.4. The molecule has 0 rings (SSSR count).